The van der Waals surface area contributed by atoms with Crippen molar-refractivity contribution in [2.75, 3.05) is 19.4 Å². The monoisotopic (exact) mass is 244 g/mol. The fraction of sp³-hybridized carbons (Fsp3) is 0.214. The second-order valence-electron chi connectivity index (χ2n) is 4.07. The Hall–Kier alpha value is -2.23. The molecule has 0 saturated carbocycles. The SMILES string of the molecule is CNc1cccc(C(=O)N(C)Cc2ccco2)c1. The number of hydrogen-bond acceptors (Lipinski definition) is 3. The number of amides is 1. The lowest BCUT2D eigenvalue weighted by Gasteiger charge is -2.16. The number of carbonyl (C=O) groups is 1. The van der Waals surface area contributed by atoms with Crippen LogP contribution in [0.1, 0.15) is 16.1 Å². The third kappa shape index (κ3) is 2.71. The topological polar surface area (TPSA) is 45.5 Å². The average Bonchev–Trinajstić information content (AvgIpc) is 2.90. The molecule has 1 aromatic heterocycles. The molecular formula is C14H16N2O2. The summed E-state index contributed by atoms with van der Waals surface area (Å²) < 4.78 is 5.23. The lowest BCUT2D eigenvalue weighted by atomic mass is 10.1. The van der Waals surface area contributed by atoms with Gasteiger partial charge in [0.2, 0.25) is 0 Å². The van der Waals surface area contributed by atoms with Crippen LogP contribution in [0.3, 0.4) is 0 Å². The molecule has 1 amide bonds. The molecule has 0 aliphatic rings. The van der Waals surface area contributed by atoms with Crippen molar-refractivity contribution in [3.63, 3.8) is 0 Å². The smallest absolute Gasteiger partial charge is 0.254 e. The molecule has 4 heteroatoms. The van der Waals surface area contributed by atoms with Gasteiger partial charge < -0.3 is 14.6 Å². The molecule has 0 unspecified atom stereocenters. The van der Waals surface area contributed by atoms with E-state index in [-0.39, 0.29) is 5.91 Å². The van der Waals surface area contributed by atoms with Crippen molar-refractivity contribution in [1.82, 2.24) is 4.90 Å². The van der Waals surface area contributed by atoms with Gasteiger partial charge in [0.05, 0.1) is 12.8 Å². The van der Waals surface area contributed by atoms with Gasteiger partial charge in [0, 0.05) is 25.3 Å². The summed E-state index contributed by atoms with van der Waals surface area (Å²) in [5, 5.41) is 3.02. The number of rotatable bonds is 4. The first-order valence-corrected chi connectivity index (χ1v) is 5.76. The lowest BCUT2D eigenvalue weighted by molar-refractivity contribution is 0.0775. The highest BCUT2D eigenvalue weighted by atomic mass is 16.3. The Kier molecular flexibility index (Phi) is 3.67. The first-order valence-electron chi connectivity index (χ1n) is 5.76. The highest BCUT2D eigenvalue weighted by Gasteiger charge is 2.13. The van der Waals surface area contributed by atoms with Gasteiger partial charge in [0.25, 0.3) is 5.91 Å². The molecule has 0 radical (unpaired) electrons. The number of hydrogen-bond donors (Lipinski definition) is 1. The van der Waals surface area contributed by atoms with Crippen molar-refractivity contribution in [3.8, 4) is 0 Å². The Morgan fingerprint density at radius 3 is 2.83 bits per heavy atom. The summed E-state index contributed by atoms with van der Waals surface area (Å²) >= 11 is 0. The summed E-state index contributed by atoms with van der Waals surface area (Å²) in [5.41, 5.74) is 1.59. The van der Waals surface area contributed by atoms with Gasteiger partial charge in [0.1, 0.15) is 5.76 Å². The molecule has 18 heavy (non-hydrogen) atoms. The van der Waals surface area contributed by atoms with Crippen LogP contribution in [-0.2, 0) is 6.54 Å². The Bertz CT molecular complexity index is 520. The molecule has 1 aromatic carbocycles. The number of nitrogens with one attached hydrogen (secondary N) is 1. The van der Waals surface area contributed by atoms with E-state index in [0.717, 1.165) is 11.4 Å². The van der Waals surface area contributed by atoms with Crippen LogP contribution in [0.5, 0.6) is 0 Å². The van der Waals surface area contributed by atoms with Gasteiger partial charge in [-0.2, -0.15) is 0 Å². The average molecular weight is 244 g/mol. The van der Waals surface area contributed by atoms with Crippen LogP contribution in [0.15, 0.2) is 47.1 Å². The van der Waals surface area contributed by atoms with Crippen LogP contribution in [0.4, 0.5) is 5.69 Å². The first kappa shape index (κ1) is 12.2. The molecule has 4 nitrogen and oxygen atoms in total. The van der Waals surface area contributed by atoms with Gasteiger partial charge in [-0.1, -0.05) is 6.07 Å². The summed E-state index contributed by atoms with van der Waals surface area (Å²) in [4.78, 5) is 13.8. The number of carbonyl (C=O) groups excluding carboxylic acids is 1. The molecule has 2 rings (SSSR count). The zero-order chi connectivity index (χ0) is 13.0. The van der Waals surface area contributed by atoms with Gasteiger partial charge >= 0.3 is 0 Å². The van der Waals surface area contributed by atoms with Crippen molar-refractivity contribution in [2.45, 2.75) is 6.54 Å². The summed E-state index contributed by atoms with van der Waals surface area (Å²) in [7, 11) is 3.59. The third-order valence-electron chi connectivity index (χ3n) is 2.72. The van der Waals surface area contributed by atoms with Crippen LogP contribution >= 0.6 is 0 Å². The van der Waals surface area contributed by atoms with Crippen LogP contribution in [0, 0.1) is 0 Å². The molecule has 2 aromatic rings. The molecule has 0 fully saturated rings. The van der Waals surface area contributed by atoms with Crippen LogP contribution < -0.4 is 5.32 Å². The van der Waals surface area contributed by atoms with Crippen LogP contribution in [-0.4, -0.2) is 24.9 Å². The van der Waals surface area contributed by atoms with Crippen molar-refractivity contribution in [2.24, 2.45) is 0 Å². The largest absolute Gasteiger partial charge is 0.467 e. The third-order valence-corrected chi connectivity index (χ3v) is 2.72. The van der Waals surface area contributed by atoms with Crippen molar-refractivity contribution < 1.29 is 9.21 Å². The van der Waals surface area contributed by atoms with E-state index in [1.165, 1.54) is 0 Å². The first-order chi connectivity index (χ1) is 8.70. The maximum Gasteiger partial charge on any atom is 0.254 e. The zero-order valence-corrected chi connectivity index (χ0v) is 10.5. The molecule has 94 valence electrons. The molecule has 0 atom stereocenters. The molecule has 0 bridgehead atoms. The molecule has 0 saturated heterocycles. The van der Waals surface area contributed by atoms with Gasteiger partial charge in [-0.15, -0.1) is 0 Å². The molecule has 0 aliphatic carbocycles. The maximum absolute atomic E-state index is 12.2. The van der Waals surface area contributed by atoms with Gasteiger partial charge in [-0.25, -0.2) is 0 Å². The molecule has 1 heterocycles. The van der Waals surface area contributed by atoms with E-state index in [9.17, 15) is 4.79 Å². The number of nitrogens with zero attached hydrogens (tertiary/aromatic N) is 1. The normalized spacial score (nSPS) is 10.1. The lowest BCUT2D eigenvalue weighted by Crippen LogP contribution is -2.26. The van der Waals surface area contributed by atoms with E-state index in [1.54, 1.807) is 18.2 Å². The Morgan fingerprint density at radius 1 is 1.33 bits per heavy atom. The Labute approximate surface area is 106 Å². The second-order valence-corrected chi connectivity index (χ2v) is 4.07. The molecule has 0 aliphatic heterocycles. The fourth-order valence-electron chi connectivity index (χ4n) is 1.74. The second kappa shape index (κ2) is 5.40. The van der Waals surface area contributed by atoms with Gasteiger partial charge in [-0.05, 0) is 30.3 Å². The summed E-state index contributed by atoms with van der Waals surface area (Å²) in [6.45, 7) is 0.468. The summed E-state index contributed by atoms with van der Waals surface area (Å²) in [6.07, 6.45) is 1.61. The molecule has 1 N–H and O–H groups in total. The van der Waals surface area contributed by atoms with Crippen molar-refractivity contribution in [1.29, 1.82) is 0 Å². The van der Waals surface area contributed by atoms with Crippen LogP contribution in [0.25, 0.3) is 0 Å². The predicted molar refractivity (Wildman–Crippen MR) is 70.5 cm³/mol. The van der Waals surface area contributed by atoms with Crippen molar-refractivity contribution in [3.05, 3.63) is 54.0 Å². The maximum atomic E-state index is 12.2. The minimum atomic E-state index is -0.0245. The van der Waals surface area contributed by atoms with E-state index in [1.807, 2.05) is 43.4 Å². The van der Waals surface area contributed by atoms with E-state index in [0.29, 0.717) is 12.1 Å². The number of furan rings is 1. The van der Waals surface area contributed by atoms with E-state index < -0.39 is 0 Å². The summed E-state index contributed by atoms with van der Waals surface area (Å²) in [6, 6.07) is 11.1. The van der Waals surface area contributed by atoms with Gasteiger partial charge in [0.15, 0.2) is 0 Å². The Balaban J connectivity index is 2.10. The van der Waals surface area contributed by atoms with Crippen LogP contribution in [0.2, 0.25) is 0 Å². The van der Waals surface area contributed by atoms with E-state index in [2.05, 4.69) is 5.32 Å². The van der Waals surface area contributed by atoms with Gasteiger partial charge in [-0.3, -0.25) is 4.79 Å². The predicted octanol–water partition coefficient (Wildman–Crippen LogP) is 2.59. The zero-order valence-electron chi connectivity index (χ0n) is 10.5. The minimum Gasteiger partial charge on any atom is -0.467 e. The quantitative estimate of drug-likeness (QED) is 0.899. The number of benzene rings is 1. The summed E-state index contributed by atoms with van der Waals surface area (Å²) in [5.74, 6) is 0.749. The minimum absolute atomic E-state index is 0.0245. The molecule has 0 spiro atoms. The molecular weight excluding hydrogens is 228 g/mol. The fourth-order valence-corrected chi connectivity index (χ4v) is 1.74. The van der Waals surface area contributed by atoms with Crippen molar-refractivity contribution >= 4 is 11.6 Å². The number of anilines is 1. The van der Waals surface area contributed by atoms with E-state index in [4.69, 9.17) is 4.42 Å². The highest BCUT2D eigenvalue weighted by Crippen LogP contribution is 2.13. The Morgan fingerprint density at radius 2 is 2.17 bits per heavy atom. The highest BCUT2D eigenvalue weighted by molar-refractivity contribution is 5.94. The standard InChI is InChI=1S/C14H16N2O2/c1-15-12-6-3-5-11(9-12)14(17)16(2)10-13-7-4-8-18-13/h3-9,15H,10H2,1-2H3. The van der Waals surface area contributed by atoms with E-state index >= 15 is 0 Å².